The summed E-state index contributed by atoms with van der Waals surface area (Å²) in [5.74, 6) is 5.34. The molecule has 3 N–H and O–H groups in total. The lowest BCUT2D eigenvalue weighted by Gasteiger charge is -2.16. The van der Waals surface area contributed by atoms with E-state index in [9.17, 15) is 13.2 Å². The van der Waals surface area contributed by atoms with Crippen molar-refractivity contribution in [3.05, 3.63) is 18.0 Å². The van der Waals surface area contributed by atoms with Gasteiger partial charge in [-0.2, -0.15) is 18.3 Å². The van der Waals surface area contributed by atoms with Gasteiger partial charge in [0.05, 0.1) is 24.4 Å². The number of ether oxygens (including phenoxy) is 1. The van der Waals surface area contributed by atoms with Gasteiger partial charge in [-0.05, 0) is 18.9 Å². The molecule has 0 saturated heterocycles. The smallest absolute Gasteiger partial charge is 0.370 e. The van der Waals surface area contributed by atoms with E-state index >= 15 is 0 Å². The zero-order valence-electron chi connectivity index (χ0n) is 12.4. The lowest BCUT2D eigenvalue weighted by molar-refractivity contribution is -0.175. The third kappa shape index (κ3) is 6.45. The summed E-state index contributed by atoms with van der Waals surface area (Å²) in [6, 6.07) is 1.79. The summed E-state index contributed by atoms with van der Waals surface area (Å²) in [6.07, 6.45) is -0.0649. The summed E-state index contributed by atoms with van der Waals surface area (Å²) in [6.45, 7) is 2.79. The molecule has 0 spiro atoms. The van der Waals surface area contributed by atoms with Gasteiger partial charge >= 0.3 is 6.18 Å². The minimum absolute atomic E-state index is 0.117. The van der Waals surface area contributed by atoms with Crippen LogP contribution in [0.15, 0.2) is 12.3 Å². The minimum Gasteiger partial charge on any atom is -0.370 e. The molecule has 0 aliphatic rings. The van der Waals surface area contributed by atoms with Crippen molar-refractivity contribution in [3.8, 4) is 0 Å². The van der Waals surface area contributed by atoms with Crippen molar-refractivity contribution in [3.63, 3.8) is 0 Å². The molecule has 0 saturated carbocycles. The predicted octanol–water partition coefficient (Wildman–Crippen LogP) is 2.20. The summed E-state index contributed by atoms with van der Waals surface area (Å²) >= 11 is 0. The van der Waals surface area contributed by atoms with E-state index in [-0.39, 0.29) is 6.61 Å². The lowest BCUT2D eigenvalue weighted by Crippen LogP contribution is -2.41. The summed E-state index contributed by atoms with van der Waals surface area (Å²) in [4.78, 5) is 0. The maximum atomic E-state index is 12.0. The Labute approximate surface area is 122 Å². The molecule has 8 heteroatoms. The Morgan fingerprint density at radius 1 is 1.38 bits per heavy atom. The Balaban J connectivity index is 2.50. The fraction of sp³-hybridized carbons (Fsp3) is 0.769. The van der Waals surface area contributed by atoms with E-state index in [1.54, 1.807) is 0 Å². The molecule has 0 amide bonds. The summed E-state index contributed by atoms with van der Waals surface area (Å²) in [5, 5.41) is 4.44. The van der Waals surface area contributed by atoms with Gasteiger partial charge in [0.1, 0.15) is 6.61 Å². The second kappa shape index (κ2) is 8.35. The van der Waals surface area contributed by atoms with Crippen LogP contribution in [0.25, 0.3) is 0 Å². The number of nitrogens with one attached hydrogen (secondary N) is 1. The first kappa shape index (κ1) is 17.9. The number of halogens is 3. The van der Waals surface area contributed by atoms with Gasteiger partial charge in [0.25, 0.3) is 0 Å². The number of hydrogen-bond donors (Lipinski definition) is 2. The molecule has 21 heavy (non-hydrogen) atoms. The van der Waals surface area contributed by atoms with Crippen molar-refractivity contribution in [1.82, 2.24) is 15.2 Å². The molecule has 1 heterocycles. The van der Waals surface area contributed by atoms with Crippen molar-refractivity contribution in [2.75, 3.05) is 13.2 Å². The molecule has 0 fully saturated rings. The molecule has 0 bridgehead atoms. The van der Waals surface area contributed by atoms with Crippen molar-refractivity contribution in [1.29, 1.82) is 0 Å². The topological polar surface area (TPSA) is 65.1 Å². The molecule has 0 aliphatic heterocycles. The Hall–Kier alpha value is -1.12. The molecule has 1 unspecified atom stereocenters. The van der Waals surface area contributed by atoms with Crippen LogP contribution < -0.4 is 11.3 Å². The fourth-order valence-corrected chi connectivity index (χ4v) is 2.09. The molecular weight excluding hydrogens is 285 g/mol. The van der Waals surface area contributed by atoms with Crippen LogP contribution in [-0.2, 0) is 11.2 Å². The lowest BCUT2D eigenvalue weighted by atomic mass is 10.2. The molecule has 0 radical (unpaired) electrons. The highest BCUT2D eigenvalue weighted by Gasteiger charge is 2.28. The Morgan fingerprint density at radius 2 is 2.05 bits per heavy atom. The number of nitrogens with zero attached hydrogens (tertiary/aromatic N) is 2. The van der Waals surface area contributed by atoms with Crippen LogP contribution >= 0.6 is 0 Å². The van der Waals surface area contributed by atoms with Crippen LogP contribution in [0.1, 0.15) is 38.4 Å². The quantitative estimate of drug-likeness (QED) is 0.542. The van der Waals surface area contributed by atoms with E-state index in [4.69, 9.17) is 5.84 Å². The second-order valence-electron chi connectivity index (χ2n) is 4.96. The van der Waals surface area contributed by atoms with Crippen LogP contribution in [0.4, 0.5) is 13.2 Å². The average molecular weight is 308 g/mol. The van der Waals surface area contributed by atoms with Gasteiger partial charge < -0.3 is 4.74 Å². The fourth-order valence-electron chi connectivity index (χ4n) is 2.09. The second-order valence-corrected chi connectivity index (χ2v) is 4.96. The molecule has 0 aromatic carbocycles. The Morgan fingerprint density at radius 3 is 2.57 bits per heavy atom. The maximum Gasteiger partial charge on any atom is 0.411 e. The highest BCUT2D eigenvalue weighted by molar-refractivity contribution is 5.02. The minimum atomic E-state index is -4.32. The first-order chi connectivity index (χ1) is 9.89. The predicted molar refractivity (Wildman–Crippen MR) is 73.5 cm³/mol. The van der Waals surface area contributed by atoms with E-state index in [0.29, 0.717) is 12.5 Å². The maximum absolute atomic E-state index is 12.0. The number of hydrogen-bond acceptors (Lipinski definition) is 4. The summed E-state index contributed by atoms with van der Waals surface area (Å²) < 4.78 is 42.6. The van der Waals surface area contributed by atoms with E-state index in [1.165, 1.54) is 0 Å². The first-order valence-electron chi connectivity index (χ1n) is 7.04. The molecule has 122 valence electrons. The molecule has 1 rings (SSSR count). The van der Waals surface area contributed by atoms with Crippen LogP contribution in [0.5, 0.6) is 0 Å². The number of hydrazine groups is 1. The number of aromatic nitrogens is 2. The van der Waals surface area contributed by atoms with Gasteiger partial charge in [0.15, 0.2) is 0 Å². The highest BCUT2D eigenvalue weighted by atomic mass is 19.4. The zero-order chi connectivity index (χ0) is 15.9. The SMILES string of the molecule is CCC(CC)n1ccc(CC(COCC(F)(F)F)NN)n1. The first-order valence-corrected chi connectivity index (χ1v) is 7.04. The molecule has 0 aliphatic carbocycles. The molecule has 5 nitrogen and oxygen atoms in total. The average Bonchev–Trinajstić information content (AvgIpc) is 2.86. The molecule has 1 atom stereocenters. The highest BCUT2D eigenvalue weighted by Crippen LogP contribution is 2.16. The van der Waals surface area contributed by atoms with Crippen LogP contribution in [0.3, 0.4) is 0 Å². The number of nitrogens with two attached hydrogens (primary N) is 1. The van der Waals surface area contributed by atoms with E-state index in [0.717, 1.165) is 18.5 Å². The molecule has 1 aromatic rings. The standard InChI is InChI=1S/C13H23F3N4O/c1-3-12(4-2)20-6-5-10(19-20)7-11(18-17)8-21-9-13(14,15)16/h5-6,11-12,18H,3-4,7-9,17H2,1-2H3. The third-order valence-corrected chi connectivity index (χ3v) is 3.26. The van der Waals surface area contributed by atoms with E-state index in [1.807, 2.05) is 16.9 Å². The van der Waals surface area contributed by atoms with Gasteiger partial charge in [-0.3, -0.25) is 16.0 Å². The van der Waals surface area contributed by atoms with E-state index in [2.05, 4.69) is 29.1 Å². The Kier molecular flexibility index (Phi) is 7.13. The number of rotatable bonds is 9. The Bertz CT molecular complexity index is 404. The number of alkyl halides is 3. The third-order valence-electron chi connectivity index (χ3n) is 3.26. The molecular formula is C13H23F3N4O. The van der Waals surface area contributed by atoms with Crippen molar-refractivity contribution >= 4 is 0 Å². The normalized spacial score (nSPS) is 13.9. The van der Waals surface area contributed by atoms with Gasteiger partial charge in [-0.15, -0.1) is 0 Å². The van der Waals surface area contributed by atoms with Gasteiger partial charge in [-0.1, -0.05) is 13.8 Å². The van der Waals surface area contributed by atoms with Crippen LogP contribution in [0, 0.1) is 0 Å². The summed E-state index contributed by atoms with van der Waals surface area (Å²) in [5.41, 5.74) is 3.24. The van der Waals surface area contributed by atoms with Gasteiger partial charge in [0.2, 0.25) is 0 Å². The van der Waals surface area contributed by atoms with Crippen molar-refractivity contribution < 1.29 is 17.9 Å². The van der Waals surface area contributed by atoms with E-state index < -0.39 is 18.8 Å². The van der Waals surface area contributed by atoms with Crippen LogP contribution in [0.2, 0.25) is 0 Å². The van der Waals surface area contributed by atoms with Crippen molar-refractivity contribution in [2.24, 2.45) is 5.84 Å². The largest absolute Gasteiger partial charge is 0.411 e. The van der Waals surface area contributed by atoms with Crippen molar-refractivity contribution in [2.45, 2.75) is 51.4 Å². The monoisotopic (exact) mass is 308 g/mol. The summed E-state index contributed by atoms with van der Waals surface area (Å²) in [7, 11) is 0. The molecule has 1 aromatic heterocycles. The van der Waals surface area contributed by atoms with Gasteiger partial charge in [-0.25, -0.2) is 0 Å². The zero-order valence-corrected chi connectivity index (χ0v) is 12.4. The van der Waals surface area contributed by atoms with Crippen LogP contribution in [-0.4, -0.2) is 35.2 Å². The van der Waals surface area contributed by atoms with Gasteiger partial charge in [0, 0.05) is 12.6 Å².